The number of nitrogens with zero attached hydrogens (tertiary/aromatic N) is 2. The van der Waals surface area contributed by atoms with Crippen molar-refractivity contribution in [2.45, 2.75) is 84.7 Å². The van der Waals surface area contributed by atoms with Gasteiger partial charge in [0, 0.05) is 36.2 Å². The lowest BCUT2D eigenvalue weighted by atomic mass is 9.89. The van der Waals surface area contributed by atoms with E-state index in [-0.39, 0.29) is 12.0 Å². The van der Waals surface area contributed by atoms with Gasteiger partial charge in [0.1, 0.15) is 18.2 Å². The Labute approximate surface area is 243 Å². The molecule has 3 unspecified atom stereocenters. The molecular weight excluding hydrogens is 542 g/mol. The summed E-state index contributed by atoms with van der Waals surface area (Å²) in [5.74, 6) is 1.16. The summed E-state index contributed by atoms with van der Waals surface area (Å²) in [5, 5.41) is 0. The third-order valence-electron chi connectivity index (χ3n) is 7.75. The van der Waals surface area contributed by atoms with Crippen molar-refractivity contribution in [2.24, 2.45) is 5.92 Å². The van der Waals surface area contributed by atoms with Crippen LogP contribution >= 0.6 is 8.25 Å². The minimum atomic E-state index is -3.02. The molecule has 0 amide bonds. The van der Waals surface area contributed by atoms with Crippen molar-refractivity contribution < 1.29 is 27.8 Å². The molecule has 3 aromatic rings. The van der Waals surface area contributed by atoms with Crippen LogP contribution in [0.1, 0.15) is 70.1 Å². The van der Waals surface area contributed by atoms with E-state index in [2.05, 4.69) is 43.6 Å². The van der Waals surface area contributed by atoms with E-state index in [1.54, 1.807) is 6.07 Å². The molecule has 222 valence electrons. The SMILES string of the molecule is COc1cc(-c2ccc(COc3cccc(C(C4CC4)C(C)O[PH](=O)O)c3)cc2CN(C(C)C)C(C)C)c(F)cn1. The van der Waals surface area contributed by atoms with Crippen LogP contribution in [-0.2, 0) is 22.2 Å². The molecule has 1 saturated carbocycles. The number of rotatable bonds is 14. The van der Waals surface area contributed by atoms with Gasteiger partial charge in [-0.1, -0.05) is 30.3 Å². The topological polar surface area (TPSA) is 81.1 Å². The number of benzene rings is 2. The van der Waals surface area contributed by atoms with Gasteiger partial charge in [0.2, 0.25) is 5.88 Å². The Morgan fingerprint density at radius 1 is 1.05 bits per heavy atom. The first-order valence-corrected chi connectivity index (χ1v) is 15.5. The van der Waals surface area contributed by atoms with Gasteiger partial charge in [0.15, 0.2) is 0 Å². The molecule has 41 heavy (non-hydrogen) atoms. The van der Waals surface area contributed by atoms with Crippen molar-refractivity contribution >= 4 is 8.25 Å². The quantitative estimate of drug-likeness (QED) is 0.198. The van der Waals surface area contributed by atoms with Gasteiger partial charge in [0.05, 0.1) is 19.4 Å². The highest BCUT2D eigenvalue weighted by Crippen LogP contribution is 2.47. The van der Waals surface area contributed by atoms with Crippen LogP contribution in [0.25, 0.3) is 11.1 Å². The van der Waals surface area contributed by atoms with E-state index < -0.39 is 14.1 Å². The lowest BCUT2D eigenvalue weighted by Crippen LogP contribution is -2.36. The molecule has 1 N–H and O–H groups in total. The Hall–Kier alpha value is -2.77. The van der Waals surface area contributed by atoms with Crippen LogP contribution in [0.2, 0.25) is 0 Å². The van der Waals surface area contributed by atoms with Crippen molar-refractivity contribution in [3.63, 3.8) is 0 Å². The zero-order valence-electron chi connectivity index (χ0n) is 24.8. The predicted octanol–water partition coefficient (Wildman–Crippen LogP) is 7.37. The molecule has 1 heterocycles. The summed E-state index contributed by atoms with van der Waals surface area (Å²) >= 11 is 0. The molecule has 2 aromatic carbocycles. The summed E-state index contributed by atoms with van der Waals surface area (Å²) in [4.78, 5) is 15.7. The number of halogens is 1. The van der Waals surface area contributed by atoms with Crippen LogP contribution < -0.4 is 9.47 Å². The van der Waals surface area contributed by atoms with Gasteiger partial charge in [-0.25, -0.2) is 9.37 Å². The number of aromatic nitrogens is 1. The Kier molecular flexibility index (Phi) is 10.6. The van der Waals surface area contributed by atoms with Crippen molar-refractivity contribution in [1.82, 2.24) is 9.88 Å². The number of ether oxygens (including phenoxy) is 2. The molecule has 9 heteroatoms. The van der Waals surface area contributed by atoms with Gasteiger partial charge in [-0.2, -0.15) is 0 Å². The third-order valence-corrected chi connectivity index (χ3v) is 8.32. The molecule has 3 atom stereocenters. The Morgan fingerprint density at radius 3 is 2.41 bits per heavy atom. The summed E-state index contributed by atoms with van der Waals surface area (Å²) in [7, 11) is -1.50. The summed E-state index contributed by atoms with van der Waals surface area (Å²) in [6.45, 7) is 11.5. The van der Waals surface area contributed by atoms with Gasteiger partial charge >= 0.3 is 8.25 Å². The van der Waals surface area contributed by atoms with Crippen molar-refractivity contribution in [2.75, 3.05) is 7.11 Å². The van der Waals surface area contributed by atoms with E-state index >= 15 is 0 Å². The van der Waals surface area contributed by atoms with Crippen molar-refractivity contribution in [1.29, 1.82) is 0 Å². The van der Waals surface area contributed by atoms with Crippen LogP contribution in [0.15, 0.2) is 54.7 Å². The smallest absolute Gasteiger partial charge is 0.316 e. The third kappa shape index (κ3) is 8.16. The fourth-order valence-corrected chi connectivity index (χ4v) is 6.08. The average Bonchev–Trinajstić information content (AvgIpc) is 3.76. The number of hydrogen-bond acceptors (Lipinski definition) is 6. The standard InChI is InChI=1S/C32H42FN2O5P/c1-20(2)35(21(3)4)18-26-14-23(10-13-28(26)29-16-31(38-6)34-17-30(29)33)19-39-27-9-7-8-25(15-27)32(24-11-12-24)22(5)40-41(36)37/h7-10,13-17,20-22,24,32,41H,11-12,18-19H2,1-6H3,(H,36,37). The van der Waals surface area contributed by atoms with E-state index in [9.17, 15) is 13.8 Å². The molecule has 1 aliphatic rings. The van der Waals surface area contributed by atoms with E-state index in [1.165, 1.54) is 13.3 Å². The lowest BCUT2D eigenvalue weighted by Gasteiger charge is -2.31. The summed E-state index contributed by atoms with van der Waals surface area (Å²) in [6.07, 6.45) is 3.00. The summed E-state index contributed by atoms with van der Waals surface area (Å²) in [6, 6.07) is 16.1. The lowest BCUT2D eigenvalue weighted by molar-refractivity contribution is 0.166. The monoisotopic (exact) mass is 584 g/mol. The molecular formula is C32H42FN2O5P. The van der Waals surface area contributed by atoms with E-state index in [0.29, 0.717) is 42.6 Å². The van der Waals surface area contributed by atoms with E-state index in [1.807, 2.05) is 43.3 Å². The molecule has 0 bridgehead atoms. The van der Waals surface area contributed by atoms with Crippen molar-refractivity contribution in [3.8, 4) is 22.8 Å². The largest absolute Gasteiger partial charge is 0.489 e. The van der Waals surface area contributed by atoms with Crippen LogP contribution in [0.4, 0.5) is 4.39 Å². The normalized spacial score (nSPS) is 15.8. The van der Waals surface area contributed by atoms with E-state index in [0.717, 1.165) is 40.8 Å². The maximum Gasteiger partial charge on any atom is 0.316 e. The second-order valence-corrected chi connectivity index (χ2v) is 12.1. The first-order valence-electron chi connectivity index (χ1n) is 14.3. The molecule has 1 aromatic heterocycles. The average molecular weight is 585 g/mol. The molecule has 1 fully saturated rings. The Bertz CT molecular complexity index is 1340. The van der Waals surface area contributed by atoms with Gasteiger partial charge < -0.3 is 18.9 Å². The van der Waals surface area contributed by atoms with Crippen LogP contribution in [0.5, 0.6) is 11.6 Å². The minimum Gasteiger partial charge on any atom is -0.489 e. The molecule has 7 nitrogen and oxygen atoms in total. The summed E-state index contributed by atoms with van der Waals surface area (Å²) in [5.41, 5.74) is 4.26. The maximum atomic E-state index is 15.0. The first kappa shape index (κ1) is 31.2. The van der Waals surface area contributed by atoms with Crippen LogP contribution in [-0.4, -0.2) is 40.1 Å². The van der Waals surface area contributed by atoms with Crippen LogP contribution in [0.3, 0.4) is 0 Å². The van der Waals surface area contributed by atoms with E-state index in [4.69, 9.17) is 14.0 Å². The molecule has 0 saturated heterocycles. The fourth-order valence-electron chi connectivity index (χ4n) is 5.62. The Morgan fingerprint density at radius 2 is 1.78 bits per heavy atom. The number of hydrogen-bond donors (Lipinski definition) is 1. The molecule has 0 spiro atoms. The molecule has 1 aliphatic carbocycles. The highest BCUT2D eigenvalue weighted by Gasteiger charge is 2.37. The van der Waals surface area contributed by atoms with Gasteiger partial charge in [0.25, 0.3) is 0 Å². The first-order chi connectivity index (χ1) is 19.6. The molecule has 4 rings (SSSR count). The predicted molar refractivity (Wildman–Crippen MR) is 160 cm³/mol. The maximum absolute atomic E-state index is 15.0. The fraction of sp³-hybridized carbons (Fsp3) is 0.469. The summed E-state index contributed by atoms with van der Waals surface area (Å²) < 4.78 is 43.2. The second-order valence-electron chi connectivity index (χ2n) is 11.4. The minimum absolute atomic E-state index is 0.0378. The van der Waals surface area contributed by atoms with Gasteiger partial charge in [-0.05, 0) is 87.8 Å². The van der Waals surface area contributed by atoms with Gasteiger partial charge in [-0.15, -0.1) is 0 Å². The van der Waals surface area contributed by atoms with Gasteiger partial charge in [-0.3, -0.25) is 9.46 Å². The second kappa shape index (κ2) is 13.9. The Balaban J connectivity index is 1.60. The van der Waals surface area contributed by atoms with Crippen LogP contribution in [0, 0.1) is 11.7 Å². The highest BCUT2D eigenvalue weighted by atomic mass is 31.1. The molecule has 0 radical (unpaired) electrons. The number of pyridine rings is 1. The highest BCUT2D eigenvalue weighted by molar-refractivity contribution is 7.32. The zero-order valence-corrected chi connectivity index (χ0v) is 25.8. The number of methoxy groups -OCH3 is 1. The van der Waals surface area contributed by atoms with Crippen molar-refractivity contribution in [3.05, 3.63) is 77.2 Å². The molecule has 0 aliphatic heterocycles. The zero-order chi connectivity index (χ0) is 29.7.